The zero-order chi connectivity index (χ0) is 8.69. The van der Waals surface area contributed by atoms with Crippen molar-refractivity contribution in [3.63, 3.8) is 0 Å². The third-order valence-electron chi connectivity index (χ3n) is 1.91. The van der Waals surface area contributed by atoms with Gasteiger partial charge in [-0.2, -0.15) is 0 Å². The molecule has 2 atom stereocenters. The summed E-state index contributed by atoms with van der Waals surface area (Å²) < 4.78 is 0. The molecule has 0 spiro atoms. The third-order valence-corrected chi connectivity index (χ3v) is 1.91. The maximum atomic E-state index is 8.81. The van der Waals surface area contributed by atoms with Crippen molar-refractivity contribution in [2.45, 2.75) is 38.8 Å². The zero-order valence-corrected chi connectivity index (χ0v) is 7.51. The first-order valence-corrected chi connectivity index (χ1v) is 4.34. The van der Waals surface area contributed by atoms with Gasteiger partial charge in [0.25, 0.3) is 0 Å². The van der Waals surface area contributed by atoms with Crippen molar-refractivity contribution >= 4 is 0 Å². The lowest BCUT2D eigenvalue weighted by Gasteiger charge is -2.16. The molecule has 4 N–H and O–H groups in total. The van der Waals surface area contributed by atoms with E-state index in [2.05, 4.69) is 12.2 Å². The van der Waals surface area contributed by atoms with E-state index in [9.17, 15) is 0 Å². The second-order valence-corrected chi connectivity index (χ2v) is 2.86. The second kappa shape index (κ2) is 6.58. The van der Waals surface area contributed by atoms with Crippen molar-refractivity contribution in [1.29, 1.82) is 0 Å². The summed E-state index contributed by atoms with van der Waals surface area (Å²) in [5.41, 5.74) is 5.69. The Morgan fingerprint density at radius 1 is 1.36 bits per heavy atom. The number of nitrogens with two attached hydrogens (primary N) is 1. The maximum Gasteiger partial charge on any atom is 0.0584 e. The fourth-order valence-corrected chi connectivity index (χ4v) is 0.800. The number of aliphatic hydroxyl groups excluding tert-OH is 1. The van der Waals surface area contributed by atoms with Crippen LogP contribution < -0.4 is 11.1 Å². The van der Waals surface area contributed by atoms with Gasteiger partial charge in [0.15, 0.2) is 0 Å². The molecule has 0 heterocycles. The summed E-state index contributed by atoms with van der Waals surface area (Å²) in [6.45, 7) is 5.11. The summed E-state index contributed by atoms with van der Waals surface area (Å²) >= 11 is 0. The maximum absolute atomic E-state index is 8.81. The predicted molar refractivity (Wildman–Crippen MR) is 47.4 cm³/mol. The summed E-state index contributed by atoms with van der Waals surface area (Å²) in [6, 6.07) is 0.434. The molecule has 0 radical (unpaired) electrons. The zero-order valence-electron chi connectivity index (χ0n) is 7.51. The van der Waals surface area contributed by atoms with Crippen LogP contribution in [0.3, 0.4) is 0 Å². The monoisotopic (exact) mass is 160 g/mol. The molecule has 0 saturated heterocycles. The van der Waals surface area contributed by atoms with E-state index < -0.39 is 0 Å². The molecule has 0 aromatic rings. The molecule has 0 fully saturated rings. The van der Waals surface area contributed by atoms with Crippen LogP contribution in [0, 0.1) is 0 Å². The van der Waals surface area contributed by atoms with Gasteiger partial charge in [0.1, 0.15) is 0 Å². The van der Waals surface area contributed by atoms with E-state index in [-0.39, 0.29) is 18.7 Å². The summed E-state index contributed by atoms with van der Waals surface area (Å²) in [7, 11) is 0. The van der Waals surface area contributed by atoms with E-state index in [0.717, 1.165) is 19.4 Å². The molecule has 2 unspecified atom stereocenters. The number of hydrogen-bond acceptors (Lipinski definition) is 3. The van der Waals surface area contributed by atoms with Crippen molar-refractivity contribution < 1.29 is 5.11 Å². The summed E-state index contributed by atoms with van der Waals surface area (Å²) in [4.78, 5) is 0. The van der Waals surface area contributed by atoms with Crippen LogP contribution in [0.4, 0.5) is 0 Å². The van der Waals surface area contributed by atoms with Crippen molar-refractivity contribution in [3.8, 4) is 0 Å². The highest BCUT2D eigenvalue weighted by Gasteiger charge is 2.04. The highest BCUT2D eigenvalue weighted by atomic mass is 16.3. The van der Waals surface area contributed by atoms with Gasteiger partial charge in [-0.3, -0.25) is 0 Å². The van der Waals surface area contributed by atoms with Gasteiger partial charge in [0.2, 0.25) is 0 Å². The first-order chi connectivity index (χ1) is 5.24. The van der Waals surface area contributed by atoms with E-state index in [1.54, 1.807) is 0 Å². The summed E-state index contributed by atoms with van der Waals surface area (Å²) in [5, 5.41) is 12.0. The Morgan fingerprint density at radius 3 is 2.36 bits per heavy atom. The molecule has 0 aromatic carbocycles. The molecule has 11 heavy (non-hydrogen) atoms. The molecule has 0 bridgehead atoms. The van der Waals surface area contributed by atoms with Crippen LogP contribution in [0.25, 0.3) is 0 Å². The number of hydrogen-bond donors (Lipinski definition) is 3. The van der Waals surface area contributed by atoms with Gasteiger partial charge >= 0.3 is 0 Å². The van der Waals surface area contributed by atoms with E-state index in [1.165, 1.54) is 0 Å². The molecular formula is C8H20N2O. The molecular weight excluding hydrogens is 140 g/mol. The lowest BCUT2D eigenvalue weighted by molar-refractivity contribution is 0.237. The van der Waals surface area contributed by atoms with Gasteiger partial charge in [-0.15, -0.1) is 0 Å². The minimum absolute atomic E-state index is 0.201. The van der Waals surface area contributed by atoms with Crippen molar-refractivity contribution in [1.82, 2.24) is 5.32 Å². The van der Waals surface area contributed by atoms with Gasteiger partial charge in [-0.1, -0.05) is 13.8 Å². The predicted octanol–water partition coefficient (Wildman–Crippen LogP) is 0.0842. The largest absolute Gasteiger partial charge is 0.395 e. The second-order valence-electron chi connectivity index (χ2n) is 2.86. The highest BCUT2D eigenvalue weighted by molar-refractivity contribution is 4.68. The molecule has 0 aliphatic rings. The van der Waals surface area contributed by atoms with Crippen molar-refractivity contribution in [2.24, 2.45) is 5.73 Å². The van der Waals surface area contributed by atoms with Crippen LogP contribution in [0.1, 0.15) is 26.7 Å². The quantitative estimate of drug-likeness (QED) is 0.516. The van der Waals surface area contributed by atoms with E-state index in [0.29, 0.717) is 0 Å². The average Bonchev–Trinajstić information content (AvgIpc) is 2.06. The minimum atomic E-state index is 0.201. The van der Waals surface area contributed by atoms with E-state index >= 15 is 0 Å². The molecule has 0 rings (SSSR count). The summed E-state index contributed by atoms with van der Waals surface area (Å²) in [6.07, 6.45) is 1.93. The number of nitrogens with one attached hydrogen (secondary N) is 1. The van der Waals surface area contributed by atoms with E-state index in [4.69, 9.17) is 10.8 Å². The van der Waals surface area contributed by atoms with Crippen LogP contribution in [-0.4, -0.2) is 30.3 Å². The molecule has 68 valence electrons. The fraction of sp³-hybridized carbons (Fsp3) is 1.00. The average molecular weight is 160 g/mol. The first-order valence-electron chi connectivity index (χ1n) is 4.34. The normalized spacial score (nSPS) is 16.4. The Kier molecular flexibility index (Phi) is 6.51. The van der Waals surface area contributed by atoms with Gasteiger partial charge in [-0.05, 0) is 12.8 Å². The molecule has 3 nitrogen and oxygen atoms in total. The molecule has 3 heteroatoms. The Hall–Kier alpha value is -0.120. The van der Waals surface area contributed by atoms with Gasteiger partial charge in [0, 0.05) is 18.6 Å². The van der Waals surface area contributed by atoms with Crippen molar-refractivity contribution in [2.75, 3.05) is 13.2 Å². The van der Waals surface area contributed by atoms with Crippen LogP contribution in [0.5, 0.6) is 0 Å². The molecule has 0 aromatic heterocycles. The summed E-state index contributed by atoms with van der Waals surface area (Å²) in [5.74, 6) is 0. The Morgan fingerprint density at radius 2 is 2.00 bits per heavy atom. The van der Waals surface area contributed by atoms with E-state index in [1.807, 2.05) is 6.92 Å². The van der Waals surface area contributed by atoms with Gasteiger partial charge in [0.05, 0.1) is 6.61 Å². The topological polar surface area (TPSA) is 58.3 Å². The van der Waals surface area contributed by atoms with Gasteiger partial charge < -0.3 is 16.2 Å². The number of rotatable bonds is 6. The SMILES string of the molecule is CCC(N)CNC(CC)CO. The molecule has 0 aliphatic carbocycles. The lowest BCUT2D eigenvalue weighted by Crippen LogP contribution is -2.40. The molecule has 0 aliphatic heterocycles. The third kappa shape index (κ3) is 5.18. The Labute approximate surface area is 69.0 Å². The Balaban J connectivity index is 3.34. The highest BCUT2D eigenvalue weighted by Crippen LogP contribution is 1.90. The number of aliphatic hydroxyl groups is 1. The Bertz CT molecular complexity index is 84.2. The van der Waals surface area contributed by atoms with Crippen LogP contribution in [0.2, 0.25) is 0 Å². The first kappa shape index (κ1) is 10.9. The van der Waals surface area contributed by atoms with Crippen LogP contribution in [0.15, 0.2) is 0 Å². The smallest absolute Gasteiger partial charge is 0.0584 e. The molecule has 0 saturated carbocycles. The minimum Gasteiger partial charge on any atom is -0.395 e. The molecule has 0 amide bonds. The standard InChI is InChI=1S/C8H20N2O/c1-3-7(9)5-10-8(4-2)6-11/h7-8,10-11H,3-6,9H2,1-2H3. The van der Waals surface area contributed by atoms with Crippen LogP contribution >= 0.6 is 0 Å². The van der Waals surface area contributed by atoms with Crippen molar-refractivity contribution in [3.05, 3.63) is 0 Å². The fourth-order valence-electron chi connectivity index (χ4n) is 0.800. The van der Waals surface area contributed by atoms with Crippen LogP contribution in [-0.2, 0) is 0 Å². The lowest BCUT2D eigenvalue weighted by atomic mass is 10.2. The van der Waals surface area contributed by atoms with Gasteiger partial charge in [-0.25, -0.2) is 0 Å².